The third-order valence-electron chi connectivity index (χ3n) is 6.01. The Kier molecular flexibility index (Phi) is 8.06. The van der Waals surface area contributed by atoms with Gasteiger partial charge in [0.05, 0.1) is 0 Å². The molecule has 3 rings (SSSR count). The number of nitrogens with two attached hydrogens (primary N) is 2. The summed E-state index contributed by atoms with van der Waals surface area (Å²) in [5.41, 5.74) is 15.6. The Morgan fingerprint density at radius 3 is 2.28 bits per heavy atom. The summed E-state index contributed by atoms with van der Waals surface area (Å²) in [5, 5.41) is 0. The van der Waals surface area contributed by atoms with Gasteiger partial charge in [-0.05, 0) is 53.6 Å². The first-order valence-corrected chi connectivity index (χ1v) is 11.3. The van der Waals surface area contributed by atoms with Crippen LogP contribution in [0.25, 0.3) is 5.70 Å². The number of primary amides is 1. The molecule has 1 atom stereocenters. The smallest absolute Gasteiger partial charge is 0.248 e. The van der Waals surface area contributed by atoms with E-state index >= 15 is 0 Å². The van der Waals surface area contributed by atoms with Gasteiger partial charge in [-0.3, -0.25) is 14.5 Å². The zero-order valence-electron chi connectivity index (χ0n) is 18.9. The summed E-state index contributed by atoms with van der Waals surface area (Å²) in [5.74, 6) is 0.212. The standard InChI is InChI=1S/C26H34N4O2/c1-3-25(31)30-12-6-9-22(18-30)17-29(15-20-7-4-10-23(13-20)19(2)27)16-21-8-5-11-24(14-21)26(28)32/h4-5,7-8,10-11,13-14,22H,2-3,6,9,12,15-18,27H2,1H3,(H2,28,32). The first-order valence-electron chi connectivity index (χ1n) is 11.3. The van der Waals surface area contributed by atoms with Crippen molar-refractivity contribution in [3.8, 4) is 0 Å². The van der Waals surface area contributed by atoms with E-state index < -0.39 is 5.91 Å². The van der Waals surface area contributed by atoms with Crippen LogP contribution in [0, 0.1) is 5.92 Å². The van der Waals surface area contributed by atoms with Crippen molar-refractivity contribution in [3.05, 3.63) is 77.4 Å². The average Bonchev–Trinajstić information content (AvgIpc) is 2.79. The number of piperidine rings is 1. The Bertz CT molecular complexity index is 912. The van der Waals surface area contributed by atoms with Crippen LogP contribution in [-0.4, -0.2) is 41.2 Å². The molecule has 0 saturated carbocycles. The molecule has 1 unspecified atom stereocenters. The lowest BCUT2D eigenvalue weighted by atomic mass is 9.96. The number of amides is 2. The number of carbonyl (C=O) groups excluding carboxylic acids is 2. The SMILES string of the molecule is C=C(N)c1cccc(CN(Cc2cccc(C(N)=O)c2)CC2CCCN(C(=O)CC)C2)c1. The van der Waals surface area contributed by atoms with Gasteiger partial charge in [0.15, 0.2) is 0 Å². The van der Waals surface area contributed by atoms with Crippen LogP contribution in [0.2, 0.25) is 0 Å². The van der Waals surface area contributed by atoms with Gasteiger partial charge in [0.25, 0.3) is 0 Å². The molecule has 1 aliphatic rings. The minimum atomic E-state index is -0.423. The molecule has 170 valence electrons. The predicted octanol–water partition coefficient (Wildman–Crippen LogP) is 3.37. The van der Waals surface area contributed by atoms with Gasteiger partial charge in [-0.1, -0.05) is 43.8 Å². The molecule has 0 aromatic heterocycles. The number of carbonyl (C=O) groups is 2. The number of rotatable bonds is 9. The van der Waals surface area contributed by atoms with Crippen molar-refractivity contribution in [2.24, 2.45) is 17.4 Å². The maximum atomic E-state index is 12.2. The minimum Gasteiger partial charge on any atom is -0.399 e. The topological polar surface area (TPSA) is 92.7 Å². The van der Waals surface area contributed by atoms with Crippen molar-refractivity contribution in [1.82, 2.24) is 9.80 Å². The van der Waals surface area contributed by atoms with Gasteiger partial charge in [0.2, 0.25) is 11.8 Å². The summed E-state index contributed by atoms with van der Waals surface area (Å²) >= 11 is 0. The Balaban J connectivity index is 1.79. The van der Waals surface area contributed by atoms with Gasteiger partial charge in [-0.15, -0.1) is 0 Å². The average molecular weight is 435 g/mol. The van der Waals surface area contributed by atoms with E-state index in [9.17, 15) is 9.59 Å². The molecule has 1 aliphatic heterocycles. The van der Waals surface area contributed by atoms with Gasteiger partial charge in [0, 0.05) is 50.4 Å². The fourth-order valence-electron chi connectivity index (χ4n) is 4.42. The summed E-state index contributed by atoms with van der Waals surface area (Å²) in [6.07, 6.45) is 2.68. The summed E-state index contributed by atoms with van der Waals surface area (Å²) < 4.78 is 0. The van der Waals surface area contributed by atoms with Gasteiger partial charge in [0.1, 0.15) is 0 Å². The highest BCUT2D eigenvalue weighted by atomic mass is 16.2. The molecule has 0 spiro atoms. The minimum absolute atomic E-state index is 0.226. The summed E-state index contributed by atoms with van der Waals surface area (Å²) in [7, 11) is 0. The molecule has 0 radical (unpaired) electrons. The normalized spacial score (nSPS) is 16.2. The first kappa shape index (κ1) is 23.5. The molecule has 2 aromatic rings. The lowest BCUT2D eigenvalue weighted by molar-refractivity contribution is -0.132. The highest BCUT2D eigenvalue weighted by molar-refractivity contribution is 5.92. The van der Waals surface area contributed by atoms with Crippen molar-refractivity contribution < 1.29 is 9.59 Å². The zero-order chi connectivity index (χ0) is 23.1. The van der Waals surface area contributed by atoms with E-state index in [2.05, 4.69) is 23.6 Å². The summed E-state index contributed by atoms with van der Waals surface area (Å²) in [6, 6.07) is 15.6. The van der Waals surface area contributed by atoms with Crippen LogP contribution in [0.3, 0.4) is 0 Å². The van der Waals surface area contributed by atoms with E-state index in [1.807, 2.05) is 42.2 Å². The van der Waals surface area contributed by atoms with Gasteiger partial charge in [-0.2, -0.15) is 0 Å². The van der Waals surface area contributed by atoms with Gasteiger partial charge >= 0.3 is 0 Å². The fraction of sp³-hybridized carbons (Fsp3) is 0.385. The van der Waals surface area contributed by atoms with E-state index in [1.165, 1.54) is 0 Å². The van der Waals surface area contributed by atoms with Crippen molar-refractivity contribution >= 4 is 17.5 Å². The number of hydrogen-bond acceptors (Lipinski definition) is 4. The van der Waals surface area contributed by atoms with Gasteiger partial charge in [-0.25, -0.2) is 0 Å². The van der Waals surface area contributed by atoms with Crippen LogP contribution < -0.4 is 11.5 Å². The zero-order valence-corrected chi connectivity index (χ0v) is 18.9. The molecule has 6 heteroatoms. The molecule has 1 saturated heterocycles. The molecule has 2 aromatic carbocycles. The van der Waals surface area contributed by atoms with Crippen molar-refractivity contribution in [2.75, 3.05) is 19.6 Å². The number of hydrogen-bond donors (Lipinski definition) is 2. The molecular weight excluding hydrogens is 400 g/mol. The largest absolute Gasteiger partial charge is 0.399 e. The van der Waals surface area contributed by atoms with Crippen LogP contribution >= 0.6 is 0 Å². The molecule has 0 bridgehead atoms. The molecule has 6 nitrogen and oxygen atoms in total. The highest BCUT2D eigenvalue weighted by Crippen LogP contribution is 2.22. The third kappa shape index (κ3) is 6.44. The summed E-state index contributed by atoms with van der Waals surface area (Å²) in [4.78, 5) is 28.2. The quantitative estimate of drug-likeness (QED) is 0.633. The Morgan fingerprint density at radius 2 is 1.69 bits per heavy atom. The monoisotopic (exact) mass is 434 g/mol. The second-order valence-electron chi connectivity index (χ2n) is 8.66. The fourth-order valence-corrected chi connectivity index (χ4v) is 4.42. The van der Waals surface area contributed by atoms with Crippen LogP contribution in [0.4, 0.5) is 0 Å². The van der Waals surface area contributed by atoms with Gasteiger partial charge < -0.3 is 16.4 Å². The van der Waals surface area contributed by atoms with Crippen LogP contribution in [-0.2, 0) is 17.9 Å². The van der Waals surface area contributed by atoms with Crippen LogP contribution in [0.5, 0.6) is 0 Å². The number of benzene rings is 2. The molecule has 32 heavy (non-hydrogen) atoms. The number of likely N-dealkylation sites (tertiary alicyclic amines) is 1. The Labute approximate surface area is 190 Å². The molecule has 1 heterocycles. The highest BCUT2D eigenvalue weighted by Gasteiger charge is 2.24. The van der Waals surface area contributed by atoms with Crippen LogP contribution in [0.1, 0.15) is 53.2 Å². The second-order valence-corrected chi connectivity index (χ2v) is 8.66. The van der Waals surface area contributed by atoms with Crippen molar-refractivity contribution in [2.45, 2.75) is 39.3 Å². The maximum absolute atomic E-state index is 12.2. The summed E-state index contributed by atoms with van der Waals surface area (Å²) in [6.45, 7) is 9.70. The van der Waals surface area contributed by atoms with Crippen LogP contribution in [0.15, 0.2) is 55.1 Å². The maximum Gasteiger partial charge on any atom is 0.248 e. The van der Waals surface area contributed by atoms with Crippen molar-refractivity contribution in [3.63, 3.8) is 0 Å². The molecule has 0 aliphatic carbocycles. The second kappa shape index (κ2) is 11.0. The Morgan fingerprint density at radius 1 is 1.06 bits per heavy atom. The van der Waals surface area contributed by atoms with E-state index in [0.29, 0.717) is 30.1 Å². The Hall–Kier alpha value is -3.12. The predicted molar refractivity (Wildman–Crippen MR) is 128 cm³/mol. The molecular formula is C26H34N4O2. The first-order chi connectivity index (χ1) is 15.4. The lowest BCUT2D eigenvalue weighted by Crippen LogP contribution is -2.43. The number of nitrogens with zero attached hydrogens (tertiary/aromatic N) is 2. The van der Waals surface area contributed by atoms with E-state index in [0.717, 1.165) is 55.7 Å². The van der Waals surface area contributed by atoms with E-state index in [4.69, 9.17) is 11.5 Å². The molecule has 1 fully saturated rings. The van der Waals surface area contributed by atoms with Crippen molar-refractivity contribution in [1.29, 1.82) is 0 Å². The van der Waals surface area contributed by atoms with E-state index in [1.54, 1.807) is 6.07 Å². The lowest BCUT2D eigenvalue weighted by Gasteiger charge is -2.36. The van der Waals surface area contributed by atoms with E-state index in [-0.39, 0.29) is 5.91 Å². The third-order valence-corrected chi connectivity index (χ3v) is 6.01. The molecule has 2 amide bonds. The molecule has 4 N–H and O–H groups in total.